The van der Waals surface area contributed by atoms with Crippen LogP contribution in [0.2, 0.25) is 0 Å². The van der Waals surface area contributed by atoms with E-state index in [1.165, 1.54) is 19.1 Å². The minimum atomic E-state index is -5.02. The Balaban J connectivity index is 2.26. The van der Waals surface area contributed by atoms with Gasteiger partial charge in [0.2, 0.25) is 0 Å². The average molecular weight is 472 g/mol. The molecule has 5 nitrogen and oxygen atoms in total. The molecular weight excluding hydrogens is 457 g/mol. The second kappa shape index (κ2) is 9.23. The first-order valence-electron chi connectivity index (χ1n) is 8.20. The van der Waals surface area contributed by atoms with Gasteiger partial charge in [0, 0.05) is 5.69 Å². The molecule has 0 aliphatic heterocycles. The van der Waals surface area contributed by atoms with Gasteiger partial charge in [0.15, 0.2) is 5.11 Å². The van der Waals surface area contributed by atoms with Gasteiger partial charge in [-0.15, -0.1) is 0 Å². The van der Waals surface area contributed by atoms with Crippen molar-refractivity contribution < 1.29 is 40.0 Å². The summed E-state index contributed by atoms with van der Waals surface area (Å²) in [7, 11) is -4.12. The van der Waals surface area contributed by atoms with Gasteiger partial charge < -0.3 is 9.84 Å². The van der Waals surface area contributed by atoms with E-state index < -0.39 is 42.0 Å². The molecule has 0 radical (unpaired) electrons. The molecule has 0 saturated heterocycles. The van der Waals surface area contributed by atoms with Gasteiger partial charge in [-0.2, -0.15) is 26.3 Å². The Morgan fingerprint density at radius 1 is 1.00 bits per heavy atom. The van der Waals surface area contributed by atoms with Crippen molar-refractivity contribution in [3.05, 3.63) is 59.7 Å². The van der Waals surface area contributed by atoms with E-state index in [0.29, 0.717) is 12.1 Å². The van der Waals surface area contributed by atoms with E-state index in [9.17, 15) is 30.9 Å². The monoisotopic (exact) mass is 472 g/mol. The molecule has 0 spiro atoms. The minimum Gasteiger partial charge on any atom is -0.409 e. The van der Waals surface area contributed by atoms with E-state index in [4.69, 9.17) is 21.3 Å². The van der Waals surface area contributed by atoms with Gasteiger partial charge in [-0.1, -0.05) is 18.2 Å². The van der Waals surface area contributed by atoms with Crippen molar-refractivity contribution in [3.8, 4) is 5.75 Å². The summed E-state index contributed by atoms with van der Waals surface area (Å²) < 4.78 is 101. The van der Waals surface area contributed by atoms with Crippen LogP contribution in [0.1, 0.15) is 18.1 Å². The third-order valence-corrected chi connectivity index (χ3v) is 5.25. The lowest BCUT2D eigenvalue weighted by Crippen LogP contribution is -2.29. The summed E-state index contributed by atoms with van der Waals surface area (Å²) in [6, 6.07) is 8.63. The van der Waals surface area contributed by atoms with Crippen molar-refractivity contribution in [2.24, 2.45) is 0 Å². The van der Waals surface area contributed by atoms with Crippen molar-refractivity contribution in [2.75, 3.05) is 11.9 Å². The third-order valence-electron chi connectivity index (χ3n) is 3.35. The van der Waals surface area contributed by atoms with Crippen LogP contribution < -0.4 is 14.9 Å². The van der Waals surface area contributed by atoms with Gasteiger partial charge in [0.1, 0.15) is 5.75 Å². The van der Waals surface area contributed by atoms with Gasteiger partial charge in [-0.25, -0.2) is 4.57 Å². The molecule has 0 bridgehead atoms. The molecule has 0 saturated carbocycles. The summed E-state index contributed by atoms with van der Waals surface area (Å²) in [5, 5.41) is 3.77. The number of rotatable bonds is 6. The number of anilines is 1. The number of benzene rings is 2. The fourth-order valence-corrected chi connectivity index (χ4v) is 3.84. The van der Waals surface area contributed by atoms with E-state index in [2.05, 4.69) is 10.4 Å². The first-order valence-corrected chi connectivity index (χ1v) is 10.2. The highest BCUT2D eigenvalue weighted by molar-refractivity contribution is 7.81. The van der Waals surface area contributed by atoms with E-state index in [1.54, 1.807) is 18.2 Å². The van der Waals surface area contributed by atoms with Crippen LogP contribution >= 0.6 is 20.0 Å². The topological polar surface area (TPSA) is 59.6 Å². The lowest BCUT2D eigenvalue weighted by Gasteiger charge is -2.21. The summed E-state index contributed by atoms with van der Waals surface area (Å²) in [6.07, 6.45) is -10.0. The molecule has 0 aromatic heterocycles. The van der Waals surface area contributed by atoms with Crippen LogP contribution in [-0.4, -0.2) is 11.7 Å². The Kier molecular flexibility index (Phi) is 7.38. The molecule has 30 heavy (non-hydrogen) atoms. The van der Waals surface area contributed by atoms with Crippen LogP contribution in [0.5, 0.6) is 5.75 Å². The number of hydrogen-bond donors (Lipinski definition) is 2. The number of nitrogens with one attached hydrogen (secondary N) is 2. The third kappa shape index (κ3) is 6.89. The van der Waals surface area contributed by atoms with Crippen LogP contribution in [0.3, 0.4) is 0 Å². The van der Waals surface area contributed by atoms with E-state index in [-0.39, 0.29) is 18.4 Å². The molecule has 13 heteroatoms. The number of thiocarbonyl (C=S) groups is 1. The highest BCUT2D eigenvalue weighted by Crippen LogP contribution is 2.44. The van der Waals surface area contributed by atoms with Gasteiger partial charge >= 0.3 is 20.1 Å². The van der Waals surface area contributed by atoms with E-state index in [1.807, 2.05) is 0 Å². The van der Waals surface area contributed by atoms with Crippen LogP contribution in [0.4, 0.5) is 32.0 Å². The standard InChI is InChI=1S/C17H15F6N2O3PS/c1-2-27-29(26,28-14-6-4-3-5-7-14)25-15(30)24-13-9-11(16(18,19)20)8-12(10-13)17(21,22)23/h3-10H,2H2,1H3,(H2,24,25,26,30). The molecule has 164 valence electrons. The number of para-hydroxylation sites is 1. The number of hydrogen-bond acceptors (Lipinski definition) is 4. The van der Waals surface area contributed by atoms with Crippen LogP contribution in [0.15, 0.2) is 48.5 Å². The smallest absolute Gasteiger partial charge is 0.409 e. The molecule has 2 aromatic carbocycles. The molecule has 1 atom stereocenters. The lowest BCUT2D eigenvalue weighted by molar-refractivity contribution is -0.143. The fourth-order valence-electron chi connectivity index (χ4n) is 2.18. The van der Waals surface area contributed by atoms with Gasteiger partial charge in [0.05, 0.1) is 17.7 Å². The molecule has 0 fully saturated rings. The first-order chi connectivity index (χ1) is 13.8. The highest BCUT2D eigenvalue weighted by Gasteiger charge is 2.37. The largest absolute Gasteiger partial charge is 0.488 e. The Morgan fingerprint density at radius 2 is 1.53 bits per heavy atom. The van der Waals surface area contributed by atoms with Crippen molar-refractivity contribution in [2.45, 2.75) is 19.3 Å². The quantitative estimate of drug-likeness (QED) is 0.295. The highest BCUT2D eigenvalue weighted by atomic mass is 32.1. The molecule has 2 N–H and O–H groups in total. The molecule has 1 unspecified atom stereocenters. The second-order valence-electron chi connectivity index (χ2n) is 5.68. The van der Waals surface area contributed by atoms with Gasteiger partial charge in [-0.05, 0) is 49.5 Å². The fraction of sp³-hybridized carbons (Fsp3) is 0.235. The van der Waals surface area contributed by atoms with Gasteiger partial charge in [-0.3, -0.25) is 9.61 Å². The number of alkyl halides is 6. The molecular formula is C17H15F6N2O3PS. The number of halogens is 6. The Labute approximate surface area is 173 Å². The molecule has 0 amide bonds. The average Bonchev–Trinajstić information content (AvgIpc) is 2.60. The van der Waals surface area contributed by atoms with Crippen molar-refractivity contribution in [1.82, 2.24) is 5.09 Å². The van der Waals surface area contributed by atoms with E-state index >= 15 is 0 Å². The summed E-state index contributed by atoms with van der Waals surface area (Å²) >= 11 is 4.87. The molecule has 0 aliphatic carbocycles. The predicted octanol–water partition coefficient (Wildman–Crippen LogP) is 6.23. The zero-order chi connectivity index (χ0) is 22.6. The second-order valence-corrected chi connectivity index (χ2v) is 7.75. The maximum Gasteiger partial charge on any atom is 0.488 e. The zero-order valence-electron chi connectivity index (χ0n) is 15.2. The zero-order valence-corrected chi connectivity index (χ0v) is 16.9. The Hall–Kier alpha value is -2.30. The molecule has 0 aliphatic rings. The summed E-state index contributed by atoms with van der Waals surface area (Å²) in [4.78, 5) is 0. The summed E-state index contributed by atoms with van der Waals surface area (Å²) in [5.41, 5.74) is -3.68. The molecule has 2 aromatic rings. The SMILES string of the molecule is CCOP(=O)(NC(=S)Nc1cc(C(F)(F)F)cc(C(F)(F)F)c1)Oc1ccccc1. The lowest BCUT2D eigenvalue weighted by atomic mass is 10.1. The Morgan fingerprint density at radius 3 is 2.00 bits per heavy atom. The van der Waals surface area contributed by atoms with Crippen molar-refractivity contribution in [3.63, 3.8) is 0 Å². The van der Waals surface area contributed by atoms with Gasteiger partial charge in [0.25, 0.3) is 0 Å². The predicted molar refractivity (Wildman–Crippen MR) is 102 cm³/mol. The maximum atomic E-state index is 13.0. The van der Waals surface area contributed by atoms with Crippen LogP contribution in [0.25, 0.3) is 0 Å². The molecule has 2 rings (SSSR count). The maximum absolute atomic E-state index is 13.0. The van der Waals surface area contributed by atoms with Crippen LogP contribution in [-0.2, 0) is 21.4 Å². The van der Waals surface area contributed by atoms with Crippen molar-refractivity contribution in [1.29, 1.82) is 0 Å². The minimum absolute atomic E-state index is 0.0226. The summed E-state index contributed by atoms with van der Waals surface area (Å²) in [5.74, 6) is 0.142. The molecule has 0 heterocycles. The normalized spacial score (nSPS) is 14.0. The Bertz CT molecular complexity index is 905. The van der Waals surface area contributed by atoms with Crippen molar-refractivity contribution >= 4 is 30.8 Å². The van der Waals surface area contributed by atoms with E-state index in [0.717, 1.165) is 0 Å². The first kappa shape index (κ1) is 24.0. The van der Waals surface area contributed by atoms with Crippen LogP contribution in [0, 0.1) is 0 Å². The summed E-state index contributed by atoms with van der Waals surface area (Å²) in [6.45, 7) is 1.42.